The molecule has 0 saturated heterocycles. The van der Waals surface area contributed by atoms with Crippen molar-refractivity contribution in [1.29, 1.82) is 0 Å². The fourth-order valence-electron chi connectivity index (χ4n) is 3.08. The number of nitrogens with zero attached hydrogens (tertiary/aromatic N) is 5. The highest BCUT2D eigenvalue weighted by Crippen LogP contribution is 2.20. The molecule has 0 radical (unpaired) electrons. The van der Waals surface area contributed by atoms with Crippen LogP contribution in [0.3, 0.4) is 0 Å². The molecule has 0 spiro atoms. The summed E-state index contributed by atoms with van der Waals surface area (Å²) in [6, 6.07) is 7.94. The first-order valence-corrected chi connectivity index (χ1v) is 9.71. The molecular weight excluding hydrogens is 387 g/mol. The van der Waals surface area contributed by atoms with Crippen LogP contribution in [0.1, 0.15) is 38.6 Å². The number of benzene rings is 1. The lowest BCUT2D eigenvalue weighted by atomic mass is 10.2. The topological polar surface area (TPSA) is 98.7 Å². The molecule has 1 aromatic carbocycles. The first kappa shape index (κ1) is 19.7. The SMILES string of the molecule is CC(C)n1ncc2cc(NC(=O)CCCc3nc(-c4ccc(F)cc4)no3)cnc21. The Hall–Kier alpha value is -3.62. The van der Waals surface area contributed by atoms with Gasteiger partial charge in [0.25, 0.3) is 0 Å². The van der Waals surface area contributed by atoms with Crippen LogP contribution in [0.2, 0.25) is 0 Å². The summed E-state index contributed by atoms with van der Waals surface area (Å²) in [6.45, 7) is 4.08. The van der Waals surface area contributed by atoms with E-state index in [2.05, 4.69) is 25.5 Å². The number of rotatable bonds is 7. The van der Waals surface area contributed by atoms with E-state index in [-0.39, 0.29) is 17.8 Å². The van der Waals surface area contributed by atoms with Gasteiger partial charge in [0.1, 0.15) is 5.82 Å². The quantitative estimate of drug-likeness (QED) is 0.493. The van der Waals surface area contributed by atoms with E-state index in [9.17, 15) is 9.18 Å². The Labute approximate surface area is 172 Å². The highest BCUT2D eigenvalue weighted by molar-refractivity contribution is 5.92. The van der Waals surface area contributed by atoms with Gasteiger partial charge in [-0.3, -0.25) is 4.79 Å². The van der Waals surface area contributed by atoms with Gasteiger partial charge in [-0.2, -0.15) is 10.1 Å². The third-order valence-electron chi connectivity index (χ3n) is 4.57. The fraction of sp³-hybridized carbons (Fsp3) is 0.286. The predicted molar refractivity (Wildman–Crippen MR) is 109 cm³/mol. The smallest absolute Gasteiger partial charge is 0.226 e. The number of fused-ring (bicyclic) bond motifs is 1. The van der Waals surface area contributed by atoms with Crippen LogP contribution >= 0.6 is 0 Å². The molecule has 0 aliphatic rings. The minimum atomic E-state index is -0.323. The highest BCUT2D eigenvalue weighted by Gasteiger charge is 2.11. The van der Waals surface area contributed by atoms with Crippen LogP contribution in [0, 0.1) is 5.82 Å². The molecule has 0 unspecified atom stereocenters. The van der Waals surface area contributed by atoms with Crippen molar-refractivity contribution >= 4 is 22.6 Å². The standard InChI is InChI=1S/C21H21FN6O2/c1-13(2)28-21-15(11-24-28)10-17(12-23-21)25-18(29)4-3-5-19-26-20(27-30-19)14-6-8-16(22)9-7-14/h6-13H,3-5H2,1-2H3,(H,25,29). The van der Waals surface area contributed by atoms with Crippen LogP contribution in [0.15, 0.2) is 47.2 Å². The molecule has 0 aliphatic carbocycles. The third-order valence-corrected chi connectivity index (χ3v) is 4.57. The van der Waals surface area contributed by atoms with Crippen LogP contribution in [0.5, 0.6) is 0 Å². The Kier molecular flexibility index (Phi) is 5.51. The Balaban J connectivity index is 1.30. The largest absolute Gasteiger partial charge is 0.339 e. The van der Waals surface area contributed by atoms with Crippen molar-refractivity contribution in [2.24, 2.45) is 0 Å². The van der Waals surface area contributed by atoms with Gasteiger partial charge >= 0.3 is 0 Å². The maximum atomic E-state index is 13.0. The summed E-state index contributed by atoms with van der Waals surface area (Å²) < 4.78 is 20.1. The number of halogens is 1. The van der Waals surface area contributed by atoms with Crippen molar-refractivity contribution < 1.29 is 13.7 Å². The van der Waals surface area contributed by atoms with Crippen LogP contribution in [0.4, 0.5) is 10.1 Å². The number of anilines is 1. The molecule has 30 heavy (non-hydrogen) atoms. The number of hydrogen-bond donors (Lipinski definition) is 1. The number of carbonyl (C=O) groups is 1. The lowest BCUT2D eigenvalue weighted by Gasteiger charge is -2.07. The maximum absolute atomic E-state index is 13.0. The summed E-state index contributed by atoms with van der Waals surface area (Å²) in [6.07, 6.45) is 4.70. The van der Waals surface area contributed by atoms with Crippen LogP contribution in [0.25, 0.3) is 22.4 Å². The summed E-state index contributed by atoms with van der Waals surface area (Å²) in [5, 5.41) is 12.0. The van der Waals surface area contributed by atoms with E-state index < -0.39 is 0 Å². The number of aryl methyl sites for hydroxylation is 1. The summed E-state index contributed by atoms with van der Waals surface area (Å²) in [4.78, 5) is 20.9. The molecule has 1 amide bonds. The zero-order chi connectivity index (χ0) is 21.1. The van der Waals surface area contributed by atoms with Crippen molar-refractivity contribution in [3.8, 4) is 11.4 Å². The van der Waals surface area contributed by atoms with Crippen molar-refractivity contribution in [3.63, 3.8) is 0 Å². The normalized spacial score (nSPS) is 11.3. The molecule has 4 rings (SSSR count). The van der Waals surface area contributed by atoms with Gasteiger partial charge in [-0.25, -0.2) is 14.1 Å². The monoisotopic (exact) mass is 408 g/mol. The minimum absolute atomic E-state index is 0.120. The second-order valence-corrected chi connectivity index (χ2v) is 7.24. The van der Waals surface area contributed by atoms with E-state index in [1.165, 1.54) is 12.1 Å². The number of nitrogens with one attached hydrogen (secondary N) is 1. The molecule has 0 atom stereocenters. The van der Waals surface area contributed by atoms with Gasteiger partial charge in [0.05, 0.1) is 18.1 Å². The second kappa shape index (κ2) is 8.40. The molecule has 0 aliphatic heterocycles. The van der Waals surface area contributed by atoms with Gasteiger partial charge in [0.2, 0.25) is 17.6 Å². The van der Waals surface area contributed by atoms with Crippen LogP contribution in [-0.4, -0.2) is 30.8 Å². The molecule has 8 nitrogen and oxygen atoms in total. The van der Waals surface area contributed by atoms with E-state index in [1.54, 1.807) is 24.5 Å². The molecule has 1 N–H and O–H groups in total. The number of pyridine rings is 1. The first-order valence-electron chi connectivity index (χ1n) is 9.71. The molecule has 9 heteroatoms. The van der Waals surface area contributed by atoms with Gasteiger partial charge < -0.3 is 9.84 Å². The third kappa shape index (κ3) is 4.35. The average molecular weight is 408 g/mol. The predicted octanol–water partition coefficient (Wildman–Crippen LogP) is 4.16. The molecule has 3 heterocycles. The Morgan fingerprint density at radius 3 is 2.80 bits per heavy atom. The summed E-state index contributed by atoms with van der Waals surface area (Å²) in [5.74, 6) is 0.393. The highest BCUT2D eigenvalue weighted by atomic mass is 19.1. The van der Waals surface area contributed by atoms with E-state index >= 15 is 0 Å². The van der Waals surface area contributed by atoms with E-state index in [1.807, 2.05) is 24.6 Å². The molecule has 154 valence electrons. The Bertz CT molecular complexity index is 1170. The van der Waals surface area contributed by atoms with Crippen LogP contribution < -0.4 is 5.32 Å². The lowest BCUT2D eigenvalue weighted by molar-refractivity contribution is -0.116. The van der Waals surface area contributed by atoms with Gasteiger partial charge in [-0.15, -0.1) is 0 Å². The Morgan fingerprint density at radius 1 is 1.23 bits per heavy atom. The lowest BCUT2D eigenvalue weighted by Crippen LogP contribution is -2.12. The fourth-order valence-corrected chi connectivity index (χ4v) is 3.08. The number of amides is 1. The molecule has 4 aromatic rings. The van der Waals surface area contributed by atoms with E-state index in [4.69, 9.17) is 4.52 Å². The van der Waals surface area contributed by atoms with Crippen molar-refractivity contribution in [2.75, 3.05) is 5.32 Å². The Morgan fingerprint density at radius 2 is 2.03 bits per heavy atom. The summed E-state index contributed by atoms with van der Waals surface area (Å²) >= 11 is 0. The van der Waals surface area contributed by atoms with E-state index in [0.717, 1.165) is 11.0 Å². The van der Waals surface area contributed by atoms with E-state index in [0.29, 0.717) is 42.2 Å². The number of aromatic nitrogens is 5. The zero-order valence-electron chi connectivity index (χ0n) is 16.7. The van der Waals surface area contributed by atoms with Gasteiger partial charge in [-0.1, -0.05) is 5.16 Å². The minimum Gasteiger partial charge on any atom is -0.339 e. The average Bonchev–Trinajstić information content (AvgIpc) is 3.35. The first-order chi connectivity index (χ1) is 14.5. The summed E-state index contributed by atoms with van der Waals surface area (Å²) in [5.41, 5.74) is 2.09. The second-order valence-electron chi connectivity index (χ2n) is 7.24. The zero-order valence-corrected chi connectivity index (χ0v) is 16.7. The van der Waals surface area contributed by atoms with Gasteiger partial charge in [0.15, 0.2) is 5.65 Å². The maximum Gasteiger partial charge on any atom is 0.226 e. The van der Waals surface area contributed by atoms with Gasteiger partial charge in [-0.05, 0) is 50.6 Å². The summed E-state index contributed by atoms with van der Waals surface area (Å²) in [7, 11) is 0. The molecular formula is C21H21FN6O2. The number of carbonyl (C=O) groups excluding carboxylic acids is 1. The van der Waals surface area contributed by atoms with Crippen molar-refractivity contribution in [3.05, 3.63) is 54.4 Å². The molecule has 3 aromatic heterocycles. The molecule has 0 bridgehead atoms. The van der Waals surface area contributed by atoms with Crippen LogP contribution in [-0.2, 0) is 11.2 Å². The van der Waals surface area contributed by atoms with Gasteiger partial charge in [0, 0.05) is 29.8 Å². The molecule has 0 saturated carbocycles. The van der Waals surface area contributed by atoms with Crippen molar-refractivity contribution in [1.82, 2.24) is 24.9 Å². The molecule has 0 fully saturated rings. The van der Waals surface area contributed by atoms with Crippen molar-refractivity contribution in [2.45, 2.75) is 39.2 Å². The number of hydrogen-bond acceptors (Lipinski definition) is 6.